The van der Waals surface area contributed by atoms with Crippen molar-refractivity contribution < 1.29 is 47.8 Å². The van der Waals surface area contributed by atoms with Crippen LogP contribution >= 0.6 is 7.82 Å². The van der Waals surface area contributed by atoms with Crippen molar-refractivity contribution in [3.8, 4) is 0 Å². The first kappa shape index (κ1) is 24.0. The molecular formula is C14H27O10P. The smallest absolute Gasteiger partial charge is 0.462 e. The van der Waals surface area contributed by atoms with E-state index >= 15 is 0 Å². The summed E-state index contributed by atoms with van der Waals surface area (Å²) in [6, 6.07) is 0. The standard InChI is InChI=1S/C14H27O10P/c1-3-5-13(17)21-9-12(24-14(18)6-4-2)10-23-25(19,20)22-8-11(16)7-15/h11-12,15-16H,3-10H2,1-2H3,(H,19,20)/t11-,12+/m0/s1. The number of aliphatic hydroxyl groups excluding tert-OH is 2. The van der Waals surface area contributed by atoms with Gasteiger partial charge in [-0.15, -0.1) is 0 Å². The van der Waals surface area contributed by atoms with Crippen LogP contribution < -0.4 is 0 Å². The van der Waals surface area contributed by atoms with Crippen LogP contribution in [-0.2, 0) is 32.7 Å². The summed E-state index contributed by atoms with van der Waals surface area (Å²) < 4.78 is 30.8. The van der Waals surface area contributed by atoms with E-state index in [1.165, 1.54) is 0 Å². The molecule has 10 nitrogen and oxygen atoms in total. The minimum absolute atomic E-state index is 0.134. The Kier molecular flexibility index (Phi) is 12.7. The summed E-state index contributed by atoms with van der Waals surface area (Å²) in [5.74, 6) is -1.06. The fraction of sp³-hybridized carbons (Fsp3) is 0.857. The van der Waals surface area contributed by atoms with Crippen molar-refractivity contribution in [3.63, 3.8) is 0 Å². The number of phosphoric acid groups is 1. The molecule has 0 spiro atoms. The number of carbonyl (C=O) groups excluding carboxylic acids is 2. The van der Waals surface area contributed by atoms with Crippen LogP contribution in [0.3, 0.4) is 0 Å². The molecule has 148 valence electrons. The lowest BCUT2D eigenvalue weighted by molar-refractivity contribution is -0.161. The van der Waals surface area contributed by atoms with Crippen LogP contribution in [0.5, 0.6) is 0 Å². The van der Waals surface area contributed by atoms with Crippen LogP contribution in [-0.4, -0.2) is 65.7 Å². The largest absolute Gasteiger partial charge is 0.472 e. The zero-order valence-electron chi connectivity index (χ0n) is 14.5. The van der Waals surface area contributed by atoms with Crippen LogP contribution in [0.25, 0.3) is 0 Å². The fourth-order valence-electron chi connectivity index (χ4n) is 1.47. The highest BCUT2D eigenvalue weighted by atomic mass is 31.2. The Balaban J connectivity index is 4.55. The molecule has 3 atom stereocenters. The SMILES string of the molecule is CCCC(=O)OC[C@H](COP(=O)(O)OC[C@@H](O)CO)OC(=O)CCC. The van der Waals surface area contributed by atoms with E-state index in [0.29, 0.717) is 12.8 Å². The van der Waals surface area contributed by atoms with Gasteiger partial charge in [0, 0.05) is 12.8 Å². The van der Waals surface area contributed by atoms with E-state index in [2.05, 4.69) is 9.05 Å². The molecule has 0 amide bonds. The summed E-state index contributed by atoms with van der Waals surface area (Å²) in [5.41, 5.74) is 0. The Labute approximate surface area is 146 Å². The topological polar surface area (TPSA) is 149 Å². The third-order valence-corrected chi connectivity index (χ3v) is 3.65. The van der Waals surface area contributed by atoms with Gasteiger partial charge in [-0.1, -0.05) is 13.8 Å². The quantitative estimate of drug-likeness (QED) is 0.285. The Morgan fingerprint density at radius 1 is 1.00 bits per heavy atom. The molecule has 0 saturated carbocycles. The maximum atomic E-state index is 11.7. The van der Waals surface area contributed by atoms with Crippen molar-refractivity contribution in [2.45, 2.75) is 51.7 Å². The van der Waals surface area contributed by atoms with Gasteiger partial charge in [0.1, 0.15) is 12.7 Å². The van der Waals surface area contributed by atoms with Gasteiger partial charge in [0.05, 0.1) is 19.8 Å². The zero-order chi connectivity index (χ0) is 19.3. The van der Waals surface area contributed by atoms with E-state index in [0.717, 1.165) is 0 Å². The molecule has 0 bridgehead atoms. The summed E-state index contributed by atoms with van der Waals surface area (Å²) >= 11 is 0. The Morgan fingerprint density at radius 2 is 1.56 bits per heavy atom. The molecule has 0 rings (SSSR count). The molecule has 0 aromatic heterocycles. The zero-order valence-corrected chi connectivity index (χ0v) is 15.4. The highest BCUT2D eigenvalue weighted by Gasteiger charge is 2.26. The summed E-state index contributed by atoms with van der Waals surface area (Å²) in [6.45, 7) is 1.44. The van der Waals surface area contributed by atoms with Crippen molar-refractivity contribution in [2.24, 2.45) is 0 Å². The molecule has 0 heterocycles. The first-order valence-electron chi connectivity index (χ1n) is 7.99. The highest BCUT2D eigenvalue weighted by Crippen LogP contribution is 2.43. The molecule has 25 heavy (non-hydrogen) atoms. The summed E-state index contributed by atoms with van der Waals surface area (Å²) in [6.07, 6.45) is -0.957. The van der Waals surface area contributed by atoms with Crippen LogP contribution in [0.2, 0.25) is 0 Å². The third kappa shape index (κ3) is 12.9. The maximum Gasteiger partial charge on any atom is 0.472 e. The molecule has 0 saturated heterocycles. The lowest BCUT2D eigenvalue weighted by atomic mass is 10.3. The summed E-state index contributed by atoms with van der Waals surface area (Å²) in [4.78, 5) is 32.4. The first-order valence-corrected chi connectivity index (χ1v) is 9.49. The van der Waals surface area contributed by atoms with Gasteiger partial charge in [0.2, 0.25) is 0 Å². The van der Waals surface area contributed by atoms with Gasteiger partial charge in [-0.2, -0.15) is 0 Å². The van der Waals surface area contributed by atoms with Crippen molar-refractivity contribution in [1.29, 1.82) is 0 Å². The number of aliphatic hydroxyl groups is 2. The number of hydrogen-bond acceptors (Lipinski definition) is 9. The predicted molar refractivity (Wildman–Crippen MR) is 85.5 cm³/mol. The van der Waals surface area contributed by atoms with Crippen molar-refractivity contribution in [1.82, 2.24) is 0 Å². The van der Waals surface area contributed by atoms with Crippen LogP contribution in [0.15, 0.2) is 0 Å². The molecule has 0 aliphatic carbocycles. The second kappa shape index (κ2) is 13.2. The number of hydrogen-bond donors (Lipinski definition) is 3. The Bertz CT molecular complexity index is 441. The lowest BCUT2D eigenvalue weighted by Crippen LogP contribution is -2.29. The summed E-state index contributed by atoms with van der Waals surface area (Å²) in [5, 5.41) is 17.7. The molecule has 0 radical (unpaired) electrons. The molecule has 1 unspecified atom stereocenters. The number of phosphoric ester groups is 1. The second-order valence-corrected chi connectivity index (χ2v) is 6.64. The van der Waals surface area contributed by atoms with E-state index < -0.39 is 51.8 Å². The average molecular weight is 386 g/mol. The van der Waals surface area contributed by atoms with E-state index in [-0.39, 0.29) is 19.4 Å². The third-order valence-electron chi connectivity index (χ3n) is 2.70. The summed E-state index contributed by atoms with van der Waals surface area (Å²) in [7, 11) is -4.54. The number of rotatable bonds is 14. The lowest BCUT2D eigenvalue weighted by Gasteiger charge is -2.20. The van der Waals surface area contributed by atoms with Crippen molar-refractivity contribution in [2.75, 3.05) is 26.4 Å². The molecule has 0 fully saturated rings. The van der Waals surface area contributed by atoms with Gasteiger partial charge in [0.25, 0.3) is 0 Å². The molecule has 0 aromatic carbocycles. The fourth-order valence-corrected chi connectivity index (χ4v) is 2.26. The molecule has 0 aromatic rings. The molecule has 0 aliphatic heterocycles. The maximum absolute atomic E-state index is 11.7. The first-order chi connectivity index (χ1) is 11.7. The van der Waals surface area contributed by atoms with E-state index in [4.69, 9.17) is 19.7 Å². The van der Waals surface area contributed by atoms with Gasteiger partial charge in [0.15, 0.2) is 6.10 Å². The predicted octanol–water partition coefficient (Wildman–Crippen LogP) is 0.528. The van der Waals surface area contributed by atoms with Crippen molar-refractivity contribution >= 4 is 19.8 Å². The molecular weight excluding hydrogens is 359 g/mol. The minimum Gasteiger partial charge on any atom is -0.462 e. The van der Waals surface area contributed by atoms with Gasteiger partial charge < -0.3 is 24.6 Å². The highest BCUT2D eigenvalue weighted by molar-refractivity contribution is 7.47. The van der Waals surface area contributed by atoms with Gasteiger partial charge in [-0.05, 0) is 12.8 Å². The Morgan fingerprint density at radius 3 is 2.12 bits per heavy atom. The van der Waals surface area contributed by atoms with Gasteiger partial charge in [-0.25, -0.2) is 4.57 Å². The molecule has 11 heteroatoms. The Hall–Kier alpha value is -1.03. The van der Waals surface area contributed by atoms with E-state index in [1.54, 1.807) is 13.8 Å². The minimum atomic E-state index is -4.54. The monoisotopic (exact) mass is 386 g/mol. The van der Waals surface area contributed by atoms with Gasteiger partial charge >= 0.3 is 19.8 Å². The van der Waals surface area contributed by atoms with E-state index in [1.807, 2.05) is 0 Å². The number of esters is 2. The normalized spacial score (nSPS) is 15.9. The van der Waals surface area contributed by atoms with Crippen LogP contribution in [0, 0.1) is 0 Å². The van der Waals surface area contributed by atoms with Crippen LogP contribution in [0.4, 0.5) is 0 Å². The number of ether oxygens (including phenoxy) is 2. The molecule has 0 aliphatic rings. The van der Waals surface area contributed by atoms with Crippen LogP contribution in [0.1, 0.15) is 39.5 Å². The van der Waals surface area contributed by atoms with Gasteiger partial charge in [-0.3, -0.25) is 18.6 Å². The number of carbonyl (C=O) groups is 2. The second-order valence-electron chi connectivity index (χ2n) is 5.19. The van der Waals surface area contributed by atoms with Crippen molar-refractivity contribution in [3.05, 3.63) is 0 Å². The average Bonchev–Trinajstić information content (AvgIpc) is 2.55. The molecule has 3 N–H and O–H groups in total. The van der Waals surface area contributed by atoms with E-state index in [9.17, 15) is 19.0 Å².